The highest BCUT2D eigenvalue weighted by Crippen LogP contribution is 2.39. The zero-order valence-electron chi connectivity index (χ0n) is 15.7. The highest BCUT2D eigenvalue weighted by atomic mass is 16.5. The van der Waals surface area contributed by atoms with Crippen LogP contribution < -0.4 is 4.74 Å². The standard InChI is InChI=1S/C20H24N4O3/c1-14-3-4-18-16(9-14)17(25)11-20(27-18)5-7-23(8-6-20)19(26)10-15(2)24-13-21-12-22-24/h3-4,9,12-13,15H,5-8,10-11H2,1-2H3/t15-/m1/s1. The quantitative estimate of drug-likeness (QED) is 0.832. The van der Waals surface area contributed by atoms with E-state index in [4.69, 9.17) is 4.74 Å². The molecular weight excluding hydrogens is 344 g/mol. The molecule has 4 rings (SSSR count). The molecule has 2 aliphatic heterocycles. The Labute approximate surface area is 158 Å². The van der Waals surface area contributed by atoms with Crippen LogP contribution >= 0.6 is 0 Å². The highest BCUT2D eigenvalue weighted by Gasteiger charge is 2.43. The third-order valence-electron chi connectivity index (χ3n) is 5.63. The van der Waals surface area contributed by atoms with Crippen LogP contribution in [0.4, 0.5) is 0 Å². The fraction of sp³-hybridized carbons (Fsp3) is 0.500. The van der Waals surface area contributed by atoms with Crippen LogP contribution in [0.2, 0.25) is 0 Å². The summed E-state index contributed by atoms with van der Waals surface area (Å²) >= 11 is 0. The maximum Gasteiger partial charge on any atom is 0.224 e. The molecule has 3 heterocycles. The number of ether oxygens (including phenoxy) is 1. The lowest BCUT2D eigenvalue weighted by molar-refractivity contribution is -0.135. The van der Waals surface area contributed by atoms with Gasteiger partial charge in [-0.3, -0.25) is 9.59 Å². The number of Topliss-reactive ketones (excluding diaryl/α,β-unsaturated/α-hetero) is 1. The molecule has 27 heavy (non-hydrogen) atoms. The van der Waals surface area contributed by atoms with Gasteiger partial charge < -0.3 is 9.64 Å². The topological polar surface area (TPSA) is 77.3 Å². The van der Waals surface area contributed by atoms with E-state index in [9.17, 15) is 9.59 Å². The SMILES string of the molecule is Cc1ccc2c(c1)C(=O)CC1(CCN(C(=O)C[C@@H](C)n3cncn3)CC1)O2. The molecule has 0 radical (unpaired) electrons. The molecule has 1 saturated heterocycles. The first-order chi connectivity index (χ1) is 13.0. The summed E-state index contributed by atoms with van der Waals surface area (Å²) in [5, 5.41) is 4.10. The van der Waals surface area contributed by atoms with Crippen molar-refractivity contribution in [1.82, 2.24) is 19.7 Å². The number of piperidine rings is 1. The summed E-state index contributed by atoms with van der Waals surface area (Å²) < 4.78 is 7.97. The number of hydrogen-bond acceptors (Lipinski definition) is 5. The lowest BCUT2D eigenvalue weighted by atomic mass is 9.82. The number of hydrogen-bond donors (Lipinski definition) is 0. The van der Waals surface area contributed by atoms with Crippen LogP contribution in [0.3, 0.4) is 0 Å². The third-order valence-corrected chi connectivity index (χ3v) is 5.63. The Morgan fingerprint density at radius 2 is 2.11 bits per heavy atom. The number of likely N-dealkylation sites (tertiary alicyclic amines) is 1. The molecule has 0 aliphatic carbocycles. The second kappa shape index (κ2) is 6.79. The maximum atomic E-state index is 12.6. The first kappa shape index (κ1) is 17.7. The minimum absolute atomic E-state index is 0.0292. The van der Waals surface area contributed by atoms with E-state index >= 15 is 0 Å². The van der Waals surface area contributed by atoms with Crippen molar-refractivity contribution in [3.8, 4) is 5.75 Å². The van der Waals surface area contributed by atoms with E-state index in [0.717, 1.165) is 5.56 Å². The van der Waals surface area contributed by atoms with Crippen molar-refractivity contribution in [2.24, 2.45) is 0 Å². The fourth-order valence-electron chi connectivity index (χ4n) is 3.97. The minimum Gasteiger partial charge on any atom is -0.486 e. The summed E-state index contributed by atoms with van der Waals surface area (Å²) in [6.07, 6.45) is 5.23. The van der Waals surface area contributed by atoms with Crippen LogP contribution in [0.15, 0.2) is 30.9 Å². The third kappa shape index (κ3) is 3.46. The van der Waals surface area contributed by atoms with E-state index in [1.54, 1.807) is 11.0 Å². The average molecular weight is 368 g/mol. The predicted molar refractivity (Wildman–Crippen MR) is 98.6 cm³/mol. The normalized spacial score (nSPS) is 19.5. The van der Waals surface area contributed by atoms with Crippen LogP contribution in [0, 0.1) is 6.92 Å². The van der Waals surface area contributed by atoms with Gasteiger partial charge >= 0.3 is 0 Å². The van der Waals surface area contributed by atoms with E-state index < -0.39 is 5.60 Å². The summed E-state index contributed by atoms with van der Waals surface area (Å²) in [5.74, 6) is 0.918. The lowest BCUT2D eigenvalue weighted by Crippen LogP contribution is -2.52. The van der Waals surface area contributed by atoms with Crippen molar-refractivity contribution >= 4 is 11.7 Å². The molecule has 2 aliphatic rings. The molecule has 2 aromatic rings. The van der Waals surface area contributed by atoms with E-state index in [1.807, 2.05) is 36.9 Å². The van der Waals surface area contributed by atoms with Gasteiger partial charge in [-0.05, 0) is 26.0 Å². The van der Waals surface area contributed by atoms with Crippen molar-refractivity contribution in [2.75, 3.05) is 13.1 Å². The molecule has 0 bridgehead atoms. The summed E-state index contributed by atoms with van der Waals surface area (Å²) in [7, 11) is 0. The Morgan fingerprint density at radius 1 is 1.33 bits per heavy atom. The number of aryl methyl sites for hydroxylation is 1. The first-order valence-electron chi connectivity index (χ1n) is 9.40. The molecule has 7 heteroatoms. The average Bonchev–Trinajstić information content (AvgIpc) is 3.18. The number of amides is 1. The van der Waals surface area contributed by atoms with Crippen molar-refractivity contribution in [3.63, 3.8) is 0 Å². The van der Waals surface area contributed by atoms with Crippen molar-refractivity contribution < 1.29 is 14.3 Å². The van der Waals surface area contributed by atoms with Gasteiger partial charge in [0.15, 0.2) is 5.78 Å². The fourth-order valence-corrected chi connectivity index (χ4v) is 3.97. The number of nitrogens with zero attached hydrogens (tertiary/aromatic N) is 4. The maximum absolute atomic E-state index is 12.6. The smallest absolute Gasteiger partial charge is 0.224 e. The zero-order valence-corrected chi connectivity index (χ0v) is 15.7. The molecule has 1 spiro atoms. The number of aromatic nitrogens is 3. The minimum atomic E-state index is -0.479. The van der Waals surface area contributed by atoms with Gasteiger partial charge in [-0.1, -0.05) is 11.6 Å². The zero-order chi connectivity index (χ0) is 19.0. The van der Waals surface area contributed by atoms with Crippen molar-refractivity contribution in [3.05, 3.63) is 42.0 Å². The largest absolute Gasteiger partial charge is 0.486 e. The van der Waals surface area contributed by atoms with E-state index in [-0.39, 0.29) is 17.7 Å². The van der Waals surface area contributed by atoms with Gasteiger partial charge in [-0.25, -0.2) is 9.67 Å². The van der Waals surface area contributed by atoms with Gasteiger partial charge in [-0.15, -0.1) is 0 Å². The van der Waals surface area contributed by atoms with Crippen molar-refractivity contribution in [1.29, 1.82) is 0 Å². The van der Waals surface area contributed by atoms with E-state index in [2.05, 4.69) is 10.1 Å². The molecule has 1 aromatic carbocycles. The summed E-state index contributed by atoms with van der Waals surface area (Å²) in [5.41, 5.74) is 1.26. The predicted octanol–water partition coefficient (Wildman–Crippen LogP) is 2.56. The van der Waals surface area contributed by atoms with Gasteiger partial charge in [0, 0.05) is 32.4 Å². The van der Waals surface area contributed by atoms with Crippen LogP contribution in [0.5, 0.6) is 5.75 Å². The molecule has 0 saturated carbocycles. The van der Waals surface area contributed by atoms with E-state index in [1.165, 1.54) is 6.33 Å². The second-order valence-electron chi connectivity index (χ2n) is 7.69. The Hall–Kier alpha value is -2.70. The van der Waals surface area contributed by atoms with Crippen LogP contribution in [-0.2, 0) is 4.79 Å². The number of fused-ring (bicyclic) bond motifs is 1. The van der Waals surface area contributed by atoms with Crippen LogP contribution in [0.1, 0.15) is 54.6 Å². The molecule has 0 unspecified atom stereocenters. The summed E-state index contributed by atoms with van der Waals surface area (Å²) in [6, 6.07) is 5.73. The lowest BCUT2D eigenvalue weighted by Gasteiger charge is -2.44. The number of ketones is 1. The van der Waals surface area contributed by atoms with Gasteiger partial charge in [0.05, 0.1) is 18.0 Å². The number of benzene rings is 1. The van der Waals surface area contributed by atoms with Crippen LogP contribution in [0.25, 0.3) is 0 Å². The number of carbonyl (C=O) groups excluding carboxylic acids is 2. The highest BCUT2D eigenvalue weighted by molar-refractivity contribution is 6.00. The van der Waals surface area contributed by atoms with Gasteiger partial charge in [-0.2, -0.15) is 5.10 Å². The molecule has 142 valence electrons. The van der Waals surface area contributed by atoms with Gasteiger partial charge in [0.2, 0.25) is 5.91 Å². The number of carbonyl (C=O) groups is 2. The Balaban J connectivity index is 1.39. The van der Waals surface area contributed by atoms with E-state index in [0.29, 0.717) is 50.1 Å². The van der Waals surface area contributed by atoms with Crippen LogP contribution in [-0.4, -0.2) is 50.0 Å². The molecule has 1 atom stereocenters. The Kier molecular flexibility index (Phi) is 4.45. The molecule has 1 fully saturated rings. The molecule has 7 nitrogen and oxygen atoms in total. The molecular formula is C20H24N4O3. The summed E-state index contributed by atoms with van der Waals surface area (Å²) in [6.45, 7) is 5.15. The molecule has 1 amide bonds. The summed E-state index contributed by atoms with van der Waals surface area (Å²) in [4.78, 5) is 31.1. The van der Waals surface area contributed by atoms with Crippen molar-refractivity contribution in [2.45, 2.75) is 51.2 Å². The number of rotatable bonds is 3. The monoisotopic (exact) mass is 368 g/mol. The van der Waals surface area contributed by atoms with Gasteiger partial charge in [0.1, 0.15) is 24.0 Å². The molecule has 1 aromatic heterocycles. The molecule has 0 N–H and O–H groups in total. The first-order valence-corrected chi connectivity index (χ1v) is 9.40. The van der Waals surface area contributed by atoms with Gasteiger partial charge in [0.25, 0.3) is 0 Å². The Bertz CT molecular complexity index is 854. The second-order valence-corrected chi connectivity index (χ2v) is 7.69. The Morgan fingerprint density at radius 3 is 2.81 bits per heavy atom.